The molecule has 0 aliphatic heterocycles. The number of hydrogen-bond donors (Lipinski definition) is 1. The molecule has 1 atom stereocenters. The molecule has 1 aromatic carbocycles. The lowest BCUT2D eigenvalue weighted by atomic mass is 10.1. The fourth-order valence-electron chi connectivity index (χ4n) is 1.90. The maximum absolute atomic E-state index is 12.8. The van der Waals surface area contributed by atoms with Crippen LogP contribution in [0.1, 0.15) is 30.7 Å². The third-order valence-corrected chi connectivity index (χ3v) is 3.60. The molecule has 2 rings (SSSR count). The van der Waals surface area contributed by atoms with Crippen molar-refractivity contribution < 1.29 is 17.6 Å². The molecule has 6 heteroatoms. The zero-order chi connectivity index (χ0) is 14.8. The first-order chi connectivity index (χ1) is 9.41. The highest BCUT2D eigenvalue weighted by atomic mass is 79.9. The first-order valence-electron chi connectivity index (χ1n) is 6.08. The van der Waals surface area contributed by atoms with Crippen molar-refractivity contribution in [2.45, 2.75) is 25.6 Å². The molecule has 0 saturated carbocycles. The van der Waals surface area contributed by atoms with E-state index in [0.29, 0.717) is 17.9 Å². The second-order valence-corrected chi connectivity index (χ2v) is 5.17. The fraction of sp³-hybridized carbons (Fsp3) is 0.286. The lowest BCUT2D eigenvalue weighted by molar-refractivity contribution is -0.138. The lowest BCUT2D eigenvalue weighted by Gasteiger charge is -2.18. The van der Waals surface area contributed by atoms with Crippen LogP contribution in [0.5, 0.6) is 0 Å². The van der Waals surface area contributed by atoms with E-state index >= 15 is 0 Å². The van der Waals surface area contributed by atoms with E-state index in [1.807, 2.05) is 6.92 Å². The summed E-state index contributed by atoms with van der Waals surface area (Å²) in [6.45, 7) is 1.93. The molecule has 0 amide bonds. The van der Waals surface area contributed by atoms with Gasteiger partial charge >= 0.3 is 6.18 Å². The number of anilines is 1. The molecule has 0 saturated heterocycles. The first kappa shape index (κ1) is 15.0. The van der Waals surface area contributed by atoms with Gasteiger partial charge in [-0.1, -0.05) is 22.9 Å². The smallest absolute Gasteiger partial charge is 0.417 e. The van der Waals surface area contributed by atoms with Gasteiger partial charge in [0.05, 0.1) is 17.9 Å². The van der Waals surface area contributed by atoms with E-state index in [0.717, 1.165) is 6.07 Å². The Morgan fingerprint density at radius 1 is 1.30 bits per heavy atom. The van der Waals surface area contributed by atoms with Crippen LogP contribution in [-0.2, 0) is 6.18 Å². The van der Waals surface area contributed by atoms with Crippen molar-refractivity contribution in [2.75, 3.05) is 5.32 Å². The summed E-state index contributed by atoms with van der Waals surface area (Å²) < 4.78 is 43.9. The molecule has 0 aliphatic rings. The van der Waals surface area contributed by atoms with Gasteiger partial charge in [-0.05, 0) is 36.8 Å². The van der Waals surface area contributed by atoms with E-state index < -0.39 is 11.7 Å². The van der Waals surface area contributed by atoms with Crippen molar-refractivity contribution in [3.05, 3.63) is 52.4 Å². The molecule has 1 N–H and O–H groups in total. The van der Waals surface area contributed by atoms with Crippen LogP contribution in [0.25, 0.3) is 0 Å². The van der Waals surface area contributed by atoms with E-state index in [-0.39, 0.29) is 10.5 Å². The topological polar surface area (TPSA) is 25.2 Å². The van der Waals surface area contributed by atoms with E-state index in [9.17, 15) is 13.2 Å². The summed E-state index contributed by atoms with van der Waals surface area (Å²) >= 11 is 2.92. The Hall–Kier alpha value is -1.43. The van der Waals surface area contributed by atoms with E-state index in [1.165, 1.54) is 6.07 Å². The largest absolute Gasteiger partial charge is 0.467 e. The quantitative estimate of drug-likeness (QED) is 0.775. The summed E-state index contributed by atoms with van der Waals surface area (Å²) in [4.78, 5) is 0. The fourth-order valence-corrected chi connectivity index (χ4v) is 2.37. The first-order valence-corrected chi connectivity index (χ1v) is 6.87. The van der Waals surface area contributed by atoms with E-state index in [2.05, 4.69) is 21.2 Å². The number of alkyl halides is 3. The van der Waals surface area contributed by atoms with Gasteiger partial charge in [0.1, 0.15) is 5.76 Å². The van der Waals surface area contributed by atoms with Gasteiger partial charge in [0.15, 0.2) is 0 Å². The summed E-state index contributed by atoms with van der Waals surface area (Å²) in [5.74, 6) is 0.698. The third-order valence-electron chi connectivity index (χ3n) is 2.91. The van der Waals surface area contributed by atoms with Gasteiger partial charge < -0.3 is 9.73 Å². The molecule has 1 heterocycles. The molecular formula is C14H13BrF3NO. The van der Waals surface area contributed by atoms with Crippen molar-refractivity contribution in [1.82, 2.24) is 0 Å². The second-order valence-electron chi connectivity index (χ2n) is 4.31. The Balaban J connectivity index is 2.25. The van der Waals surface area contributed by atoms with E-state index in [4.69, 9.17) is 4.42 Å². The Morgan fingerprint density at radius 2 is 2.05 bits per heavy atom. The third kappa shape index (κ3) is 3.36. The zero-order valence-corrected chi connectivity index (χ0v) is 12.3. The Morgan fingerprint density at radius 3 is 2.60 bits per heavy atom. The molecule has 20 heavy (non-hydrogen) atoms. The van der Waals surface area contributed by atoms with Gasteiger partial charge in [-0.3, -0.25) is 0 Å². The maximum atomic E-state index is 12.8. The average Bonchev–Trinajstić information content (AvgIpc) is 2.90. The van der Waals surface area contributed by atoms with Crippen molar-refractivity contribution in [3.8, 4) is 0 Å². The maximum Gasteiger partial charge on any atom is 0.417 e. The minimum Gasteiger partial charge on any atom is -0.467 e. The van der Waals surface area contributed by atoms with Gasteiger partial charge in [0, 0.05) is 10.2 Å². The Bertz CT molecular complexity index is 566. The summed E-state index contributed by atoms with van der Waals surface area (Å²) in [6.07, 6.45) is -2.14. The molecule has 0 aliphatic carbocycles. The number of rotatable bonds is 4. The summed E-state index contributed by atoms with van der Waals surface area (Å²) in [5.41, 5.74) is -0.291. The van der Waals surface area contributed by atoms with Crippen LogP contribution >= 0.6 is 15.9 Å². The van der Waals surface area contributed by atoms with Crippen LogP contribution < -0.4 is 5.32 Å². The summed E-state index contributed by atoms with van der Waals surface area (Å²) in [6, 6.07) is 7.47. The van der Waals surface area contributed by atoms with Gasteiger partial charge in [-0.2, -0.15) is 13.2 Å². The predicted octanol–water partition coefficient (Wildman–Crippen LogP) is 5.62. The van der Waals surface area contributed by atoms with Crippen molar-refractivity contribution in [3.63, 3.8) is 0 Å². The number of benzene rings is 1. The molecule has 0 spiro atoms. The molecule has 0 bridgehead atoms. The second kappa shape index (κ2) is 5.91. The van der Waals surface area contributed by atoms with Crippen LogP contribution in [-0.4, -0.2) is 0 Å². The van der Waals surface area contributed by atoms with Crippen LogP contribution in [0.4, 0.5) is 18.9 Å². The molecule has 0 fully saturated rings. The summed E-state index contributed by atoms with van der Waals surface area (Å²) in [5, 5.41) is 3.06. The van der Waals surface area contributed by atoms with Gasteiger partial charge in [0.2, 0.25) is 0 Å². The minimum atomic E-state index is -4.39. The highest BCUT2D eigenvalue weighted by molar-refractivity contribution is 9.10. The molecule has 2 nitrogen and oxygen atoms in total. The highest BCUT2D eigenvalue weighted by Gasteiger charge is 2.33. The lowest BCUT2D eigenvalue weighted by Crippen LogP contribution is -2.11. The SMILES string of the molecule is CCC(Nc1ccc(Br)c(C(F)(F)F)c1)c1ccco1. The van der Waals surface area contributed by atoms with Crippen molar-refractivity contribution in [2.24, 2.45) is 0 Å². The van der Waals surface area contributed by atoms with E-state index in [1.54, 1.807) is 24.5 Å². The molecular weight excluding hydrogens is 335 g/mol. The Labute approximate surface area is 123 Å². The van der Waals surface area contributed by atoms with Crippen LogP contribution in [0, 0.1) is 0 Å². The minimum absolute atomic E-state index is 0.0293. The Kier molecular flexibility index (Phi) is 4.42. The van der Waals surface area contributed by atoms with Crippen molar-refractivity contribution in [1.29, 1.82) is 0 Å². The molecule has 0 radical (unpaired) electrons. The standard InChI is InChI=1S/C14H13BrF3NO/c1-2-12(13-4-3-7-20-13)19-9-5-6-11(15)10(8-9)14(16,17)18/h3-8,12,19H,2H2,1H3. The van der Waals surface area contributed by atoms with Gasteiger partial charge in [-0.15, -0.1) is 0 Å². The average molecular weight is 348 g/mol. The zero-order valence-electron chi connectivity index (χ0n) is 10.7. The van der Waals surface area contributed by atoms with Gasteiger partial charge in [0.25, 0.3) is 0 Å². The molecule has 2 aromatic rings. The summed E-state index contributed by atoms with van der Waals surface area (Å²) in [7, 11) is 0. The highest BCUT2D eigenvalue weighted by Crippen LogP contribution is 2.37. The number of furan rings is 1. The number of hydrogen-bond acceptors (Lipinski definition) is 2. The monoisotopic (exact) mass is 347 g/mol. The predicted molar refractivity (Wildman–Crippen MR) is 74.5 cm³/mol. The van der Waals surface area contributed by atoms with Crippen molar-refractivity contribution >= 4 is 21.6 Å². The normalized spacial score (nSPS) is 13.2. The number of halogens is 4. The van der Waals surface area contributed by atoms with Crippen LogP contribution in [0.2, 0.25) is 0 Å². The molecule has 1 unspecified atom stereocenters. The van der Waals surface area contributed by atoms with Crippen LogP contribution in [0.3, 0.4) is 0 Å². The number of nitrogens with one attached hydrogen (secondary N) is 1. The van der Waals surface area contributed by atoms with Crippen LogP contribution in [0.15, 0.2) is 45.5 Å². The molecule has 1 aromatic heterocycles. The van der Waals surface area contributed by atoms with Gasteiger partial charge in [-0.25, -0.2) is 0 Å². The molecule has 108 valence electrons.